The maximum atomic E-state index is 9.92. The predicted octanol–water partition coefficient (Wildman–Crippen LogP) is 1.22. The van der Waals surface area contributed by atoms with Gasteiger partial charge in [0, 0.05) is 5.97 Å². The van der Waals surface area contributed by atoms with Crippen molar-refractivity contribution in [2.24, 2.45) is 0 Å². The first-order valence-corrected chi connectivity index (χ1v) is 4.96. The minimum absolute atomic E-state index is 0. The standard InChI is InChI=1S/C8H16O2.C2H5O.2H3N/c1-2-3-4-5-6-7-8(9)10;1-2-3;;/h2-7H2,1H3,(H,9,10);2H2,1H3;2*1H3/q;-1;;/p+1. The molecule has 0 heterocycles. The van der Waals surface area contributed by atoms with E-state index in [0.29, 0.717) is 0 Å². The largest absolute Gasteiger partial charge is 0.855 e. The van der Waals surface area contributed by atoms with Gasteiger partial charge in [-0.2, -0.15) is 0 Å². The highest BCUT2D eigenvalue weighted by Gasteiger charge is 1.88. The Morgan fingerprint density at radius 1 is 1.00 bits per heavy atom. The van der Waals surface area contributed by atoms with Crippen molar-refractivity contribution < 1.29 is 15.0 Å². The second-order valence-electron chi connectivity index (χ2n) is 2.82. The lowest BCUT2D eigenvalue weighted by atomic mass is 10.1. The van der Waals surface area contributed by atoms with Crippen LogP contribution in [0.2, 0.25) is 0 Å². The van der Waals surface area contributed by atoms with E-state index in [4.69, 9.17) is 5.11 Å². The number of rotatable bonds is 6. The summed E-state index contributed by atoms with van der Waals surface area (Å²) in [4.78, 5) is 9.92. The molecule has 0 atom stereocenters. The van der Waals surface area contributed by atoms with Gasteiger partial charge in [-0.15, -0.1) is 6.61 Å². The van der Waals surface area contributed by atoms with Gasteiger partial charge in [-0.25, -0.2) is 0 Å². The second kappa shape index (κ2) is 23.3. The Morgan fingerprint density at radius 3 is 1.73 bits per heavy atom. The van der Waals surface area contributed by atoms with Crippen LogP contribution in [-0.4, -0.2) is 12.6 Å². The van der Waals surface area contributed by atoms with Crippen molar-refractivity contribution in [1.82, 2.24) is 12.3 Å². The topological polar surface area (TPSA) is 136 Å². The summed E-state index contributed by atoms with van der Waals surface area (Å²) in [6, 6.07) is 0. The molecular weight excluding hydrogens is 196 g/mol. The molecule has 0 unspecified atom stereocenters. The Kier molecular flexibility index (Phi) is 37.1. The lowest BCUT2D eigenvalue weighted by Crippen LogP contribution is -2.21. The third-order valence-corrected chi connectivity index (χ3v) is 1.48. The predicted molar refractivity (Wildman–Crippen MR) is 60.9 cm³/mol. The van der Waals surface area contributed by atoms with E-state index >= 15 is 0 Å². The third-order valence-electron chi connectivity index (χ3n) is 1.48. The molecule has 0 aliphatic heterocycles. The highest BCUT2D eigenvalue weighted by molar-refractivity contribution is 5.63. The zero-order chi connectivity index (χ0) is 10.5. The van der Waals surface area contributed by atoms with E-state index in [1.54, 1.807) is 6.92 Å². The van der Waals surface area contributed by atoms with Crippen LogP contribution in [0.4, 0.5) is 0 Å². The van der Waals surface area contributed by atoms with Crippen molar-refractivity contribution >= 4 is 5.97 Å². The number of carboxylic acids is 1. The van der Waals surface area contributed by atoms with Gasteiger partial charge in [0.2, 0.25) is 0 Å². The molecular formula is C10H28N2O3. The molecule has 0 amide bonds. The van der Waals surface area contributed by atoms with Gasteiger partial charge in [-0.1, -0.05) is 39.5 Å². The summed E-state index contributed by atoms with van der Waals surface area (Å²) in [6.45, 7) is 3.71. The number of carboxylic acid groups (broad SMARTS) is 1. The molecule has 5 heteroatoms. The Balaban J connectivity index is -0.000000108. The average Bonchev–Trinajstić information content (AvgIpc) is 2.05. The highest BCUT2D eigenvalue weighted by atomic mass is 16.4. The molecule has 0 saturated heterocycles. The Hall–Kier alpha value is -0.650. The summed E-state index contributed by atoms with van der Waals surface area (Å²) in [5.74, 6) is -0.920. The number of hydrogen-bond acceptors (Lipinski definition) is 3. The van der Waals surface area contributed by atoms with Crippen LogP contribution in [0.25, 0.3) is 0 Å². The fourth-order valence-electron chi connectivity index (χ4n) is 0.873. The van der Waals surface area contributed by atoms with Crippen molar-refractivity contribution in [3.05, 3.63) is 0 Å². The SMILES string of the molecule is CCCCCCCC(=O)[O-].CC[O-].[NH4+].[NH4+]. The minimum Gasteiger partial charge on any atom is -0.855 e. The lowest BCUT2D eigenvalue weighted by molar-refractivity contribution is -0.361. The summed E-state index contributed by atoms with van der Waals surface area (Å²) in [5, 5.41) is 18.9. The number of carbonyl (C=O) groups excluding carboxylic acids is 1. The fourth-order valence-corrected chi connectivity index (χ4v) is 0.873. The van der Waals surface area contributed by atoms with Gasteiger partial charge in [-0.05, 0) is 12.8 Å². The maximum Gasteiger partial charge on any atom is 0.0414 e. The molecule has 0 aromatic rings. The molecule has 0 rings (SSSR count). The van der Waals surface area contributed by atoms with Gasteiger partial charge in [0.1, 0.15) is 0 Å². The Morgan fingerprint density at radius 2 is 1.40 bits per heavy atom. The van der Waals surface area contributed by atoms with E-state index < -0.39 is 5.97 Å². The Labute approximate surface area is 93.1 Å². The first kappa shape index (κ1) is 23.9. The molecule has 5 nitrogen and oxygen atoms in total. The molecule has 0 aromatic heterocycles. The van der Waals surface area contributed by atoms with E-state index in [1.807, 2.05) is 0 Å². The molecule has 0 fully saturated rings. The summed E-state index contributed by atoms with van der Waals surface area (Å²) < 4.78 is 0. The maximum absolute atomic E-state index is 9.92. The number of aliphatic carboxylic acids is 1. The molecule has 0 aliphatic rings. The second-order valence-corrected chi connectivity index (χ2v) is 2.82. The molecule has 0 bridgehead atoms. The van der Waals surface area contributed by atoms with Crippen LogP contribution in [0.15, 0.2) is 0 Å². The number of carbonyl (C=O) groups is 1. The highest BCUT2D eigenvalue weighted by Crippen LogP contribution is 2.03. The summed E-state index contributed by atoms with van der Waals surface area (Å²) >= 11 is 0. The molecule has 0 spiro atoms. The van der Waals surface area contributed by atoms with E-state index in [1.165, 1.54) is 12.8 Å². The molecule has 8 N–H and O–H groups in total. The minimum atomic E-state index is -0.920. The number of hydrogen-bond donors (Lipinski definition) is 2. The van der Waals surface area contributed by atoms with Crippen LogP contribution in [0, 0.1) is 0 Å². The molecule has 0 aliphatic carbocycles. The number of unbranched alkanes of at least 4 members (excludes halogenated alkanes) is 4. The molecule has 0 radical (unpaired) electrons. The average molecular weight is 224 g/mol. The van der Waals surface area contributed by atoms with Crippen LogP contribution in [-0.2, 0) is 4.79 Å². The summed E-state index contributed by atoms with van der Waals surface area (Å²) in [6.07, 6.45) is 5.61. The van der Waals surface area contributed by atoms with Crippen molar-refractivity contribution in [1.29, 1.82) is 0 Å². The quantitative estimate of drug-likeness (QED) is 0.656. The van der Waals surface area contributed by atoms with Gasteiger partial charge in [0.15, 0.2) is 0 Å². The van der Waals surface area contributed by atoms with Gasteiger partial charge >= 0.3 is 0 Å². The third kappa shape index (κ3) is 42.7. The molecule has 96 valence electrons. The van der Waals surface area contributed by atoms with E-state index in [2.05, 4.69) is 6.92 Å². The van der Waals surface area contributed by atoms with Crippen molar-refractivity contribution in [2.75, 3.05) is 6.61 Å². The molecule has 0 saturated carbocycles. The van der Waals surface area contributed by atoms with Gasteiger partial charge in [0.05, 0.1) is 0 Å². The van der Waals surface area contributed by atoms with Crippen molar-refractivity contribution in [2.45, 2.75) is 52.4 Å². The Bertz CT molecular complexity index is 111. The van der Waals surface area contributed by atoms with Crippen LogP contribution < -0.4 is 22.5 Å². The van der Waals surface area contributed by atoms with Gasteiger partial charge in [0.25, 0.3) is 0 Å². The van der Waals surface area contributed by atoms with E-state index in [9.17, 15) is 9.90 Å². The van der Waals surface area contributed by atoms with Crippen LogP contribution in [0.1, 0.15) is 52.4 Å². The normalized spacial score (nSPS) is 7.67. The number of quaternary nitrogens is 2. The smallest absolute Gasteiger partial charge is 0.0414 e. The summed E-state index contributed by atoms with van der Waals surface area (Å²) in [7, 11) is 0. The van der Waals surface area contributed by atoms with E-state index in [-0.39, 0.29) is 25.3 Å². The van der Waals surface area contributed by atoms with Crippen molar-refractivity contribution in [3.63, 3.8) is 0 Å². The van der Waals surface area contributed by atoms with Gasteiger partial charge in [-0.3, -0.25) is 0 Å². The zero-order valence-electron chi connectivity index (χ0n) is 10.7. The first-order chi connectivity index (χ1) is 6.18. The van der Waals surface area contributed by atoms with Crippen LogP contribution >= 0.6 is 0 Å². The summed E-state index contributed by atoms with van der Waals surface area (Å²) in [5.41, 5.74) is 0. The lowest BCUT2D eigenvalue weighted by Gasteiger charge is -2.00. The van der Waals surface area contributed by atoms with Crippen LogP contribution in [0.3, 0.4) is 0 Å². The molecule has 15 heavy (non-hydrogen) atoms. The molecule has 0 aromatic carbocycles. The fraction of sp³-hybridized carbons (Fsp3) is 0.900. The van der Waals surface area contributed by atoms with E-state index in [0.717, 1.165) is 19.3 Å². The monoisotopic (exact) mass is 224 g/mol. The van der Waals surface area contributed by atoms with Crippen molar-refractivity contribution in [3.8, 4) is 0 Å². The first-order valence-electron chi connectivity index (χ1n) is 4.96. The van der Waals surface area contributed by atoms with Crippen LogP contribution in [0.5, 0.6) is 0 Å². The zero-order valence-corrected chi connectivity index (χ0v) is 10.7. The van der Waals surface area contributed by atoms with Gasteiger partial charge < -0.3 is 27.3 Å².